The van der Waals surface area contributed by atoms with Gasteiger partial charge in [0, 0.05) is 10.8 Å². The van der Waals surface area contributed by atoms with Crippen LogP contribution in [0.15, 0.2) is 82.4 Å². The van der Waals surface area contributed by atoms with E-state index in [1.165, 1.54) is 4.57 Å². The van der Waals surface area contributed by atoms with Crippen molar-refractivity contribution in [1.29, 1.82) is 0 Å². The van der Waals surface area contributed by atoms with Crippen molar-refractivity contribution < 1.29 is 0 Å². The molecule has 0 fully saturated rings. The Bertz CT molecular complexity index is 1130. The fourth-order valence-electron chi connectivity index (χ4n) is 3.14. The predicted molar refractivity (Wildman–Crippen MR) is 98.1 cm³/mol. The number of hydrogen-bond donors (Lipinski definition) is 0. The predicted octanol–water partition coefficient (Wildman–Crippen LogP) is 3.81. The van der Waals surface area contributed by atoms with E-state index >= 15 is 0 Å². The van der Waals surface area contributed by atoms with E-state index in [0.29, 0.717) is 16.5 Å². The lowest BCUT2D eigenvalue weighted by Crippen LogP contribution is -2.28. The lowest BCUT2D eigenvalue weighted by atomic mass is 10.1. The van der Waals surface area contributed by atoms with E-state index in [2.05, 4.69) is 0 Å². The average Bonchev–Trinajstić information content (AvgIpc) is 2.70. The fourth-order valence-corrected chi connectivity index (χ4v) is 3.14. The maximum atomic E-state index is 13.1. The Morgan fingerprint density at radius 1 is 0.625 bits per heavy atom. The van der Waals surface area contributed by atoms with Gasteiger partial charge in [-0.15, -0.1) is 0 Å². The summed E-state index contributed by atoms with van der Waals surface area (Å²) in [6.07, 6.45) is 0. The van der Waals surface area contributed by atoms with Crippen molar-refractivity contribution in [3.63, 3.8) is 0 Å². The molecule has 0 bridgehead atoms. The van der Waals surface area contributed by atoms with E-state index < -0.39 is 0 Å². The summed E-state index contributed by atoms with van der Waals surface area (Å²) in [5, 5.41) is 2.66. The molecule has 0 spiro atoms. The summed E-state index contributed by atoms with van der Waals surface area (Å²) >= 11 is 0. The molecule has 0 radical (unpaired) electrons. The van der Waals surface area contributed by atoms with Crippen molar-refractivity contribution in [2.45, 2.75) is 6.92 Å². The van der Waals surface area contributed by atoms with Crippen LogP contribution in [-0.2, 0) is 0 Å². The van der Waals surface area contributed by atoms with Gasteiger partial charge in [0.25, 0.3) is 11.1 Å². The molecular formula is C21H15NO2. The quantitative estimate of drug-likeness (QED) is 0.536. The summed E-state index contributed by atoms with van der Waals surface area (Å²) in [5.41, 5.74) is 1.00. The molecule has 116 valence electrons. The van der Waals surface area contributed by atoms with Crippen LogP contribution in [0.25, 0.3) is 27.2 Å². The number of nitrogens with zero attached hydrogens (tertiary/aromatic N) is 1. The Balaban J connectivity index is 2.35. The van der Waals surface area contributed by atoms with E-state index in [-0.39, 0.29) is 11.1 Å². The van der Waals surface area contributed by atoms with Crippen molar-refractivity contribution >= 4 is 21.5 Å². The number of benzene rings is 3. The molecule has 1 aromatic heterocycles. The first-order chi connectivity index (χ1) is 11.7. The molecule has 0 saturated heterocycles. The minimum absolute atomic E-state index is 0.294. The zero-order valence-electron chi connectivity index (χ0n) is 13.2. The smallest absolute Gasteiger partial charge is 0.265 e. The van der Waals surface area contributed by atoms with Gasteiger partial charge in [-0.05, 0) is 47.5 Å². The van der Waals surface area contributed by atoms with Gasteiger partial charge in [-0.3, -0.25) is 9.59 Å². The zero-order chi connectivity index (χ0) is 16.7. The van der Waals surface area contributed by atoms with Crippen LogP contribution >= 0.6 is 0 Å². The zero-order valence-corrected chi connectivity index (χ0v) is 13.2. The highest BCUT2D eigenvalue weighted by Gasteiger charge is 2.11. The normalized spacial score (nSPS) is 11.0. The van der Waals surface area contributed by atoms with Crippen LogP contribution < -0.4 is 11.1 Å². The highest BCUT2D eigenvalue weighted by Crippen LogP contribution is 2.20. The lowest BCUT2D eigenvalue weighted by Gasteiger charge is -2.03. The van der Waals surface area contributed by atoms with Gasteiger partial charge in [-0.25, -0.2) is 4.57 Å². The largest absolute Gasteiger partial charge is 0.268 e. The van der Waals surface area contributed by atoms with Gasteiger partial charge in [0.2, 0.25) is 0 Å². The molecular weight excluding hydrogens is 298 g/mol. The molecule has 0 aliphatic carbocycles. The second-order valence-corrected chi connectivity index (χ2v) is 5.88. The molecule has 4 aromatic rings. The highest BCUT2D eigenvalue weighted by atomic mass is 16.2. The summed E-state index contributed by atoms with van der Waals surface area (Å²) in [6.45, 7) is 1.94. The summed E-state index contributed by atoms with van der Waals surface area (Å²) in [4.78, 5) is 26.3. The van der Waals surface area contributed by atoms with E-state index in [9.17, 15) is 9.59 Å². The molecule has 0 N–H and O–H groups in total. The monoisotopic (exact) mass is 313 g/mol. The second kappa shape index (κ2) is 5.46. The van der Waals surface area contributed by atoms with Crippen LogP contribution in [0.4, 0.5) is 0 Å². The minimum atomic E-state index is -0.294. The lowest BCUT2D eigenvalue weighted by molar-refractivity contribution is 0.973. The fraction of sp³-hybridized carbons (Fsp3) is 0.0476. The topological polar surface area (TPSA) is 39.1 Å². The Hall–Kier alpha value is -3.20. The second-order valence-electron chi connectivity index (χ2n) is 5.88. The van der Waals surface area contributed by atoms with E-state index in [1.807, 2.05) is 61.5 Å². The van der Waals surface area contributed by atoms with Gasteiger partial charge in [0.05, 0.1) is 5.69 Å². The molecule has 0 aliphatic heterocycles. The molecule has 24 heavy (non-hydrogen) atoms. The first-order valence-corrected chi connectivity index (χ1v) is 7.81. The summed E-state index contributed by atoms with van der Waals surface area (Å²) in [6, 6.07) is 22.2. The first-order valence-electron chi connectivity index (χ1n) is 7.81. The van der Waals surface area contributed by atoms with Gasteiger partial charge in [-0.2, -0.15) is 0 Å². The molecule has 0 saturated carbocycles. The number of hydrogen-bond acceptors (Lipinski definition) is 2. The van der Waals surface area contributed by atoms with Crippen LogP contribution in [0.5, 0.6) is 0 Å². The molecule has 0 unspecified atom stereocenters. The van der Waals surface area contributed by atoms with Gasteiger partial charge in [0.1, 0.15) is 0 Å². The summed E-state index contributed by atoms with van der Waals surface area (Å²) < 4.78 is 1.28. The van der Waals surface area contributed by atoms with Crippen LogP contribution in [0.3, 0.4) is 0 Å². The highest BCUT2D eigenvalue weighted by molar-refractivity contribution is 6.05. The number of fused-ring (bicyclic) bond motifs is 3. The summed E-state index contributed by atoms with van der Waals surface area (Å²) in [5.74, 6) is 0. The van der Waals surface area contributed by atoms with Crippen molar-refractivity contribution in [2.24, 2.45) is 0 Å². The molecule has 3 aromatic carbocycles. The van der Waals surface area contributed by atoms with Gasteiger partial charge in [0.15, 0.2) is 0 Å². The summed E-state index contributed by atoms with van der Waals surface area (Å²) in [7, 11) is 0. The Kier molecular flexibility index (Phi) is 3.28. The number of rotatable bonds is 1. The van der Waals surface area contributed by atoms with Crippen molar-refractivity contribution in [2.75, 3.05) is 0 Å². The first kappa shape index (κ1) is 14.4. The van der Waals surface area contributed by atoms with Gasteiger partial charge in [-0.1, -0.05) is 48.5 Å². The Morgan fingerprint density at radius 2 is 1.12 bits per heavy atom. The van der Waals surface area contributed by atoms with E-state index in [0.717, 1.165) is 16.3 Å². The third kappa shape index (κ3) is 2.14. The maximum absolute atomic E-state index is 13.1. The van der Waals surface area contributed by atoms with Crippen molar-refractivity contribution in [3.05, 3.63) is 99.1 Å². The average molecular weight is 313 g/mol. The number of aryl methyl sites for hydroxylation is 1. The maximum Gasteiger partial charge on any atom is 0.265 e. The number of aromatic nitrogens is 1. The Labute approximate surface area is 138 Å². The van der Waals surface area contributed by atoms with Gasteiger partial charge >= 0.3 is 0 Å². The van der Waals surface area contributed by atoms with E-state index in [1.54, 1.807) is 18.2 Å². The van der Waals surface area contributed by atoms with E-state index in [4.69, 9.17) is 0 Å². The SMILES string of the molecule is Cc1cccc(-n2c(=O)c3ccccc3c3ccccc3c2=O)c1. The molecule has 1 heterocycles. The molecule has 0 atom stereocenters. The van der Waals surface area contributed by atoms with Crippen LogP contribution in [0.2, 0.25) is 0 Å². The van der Waals surface area contributed by atoms with Gasteiger partial charge < -0.3 is 0 Å². The standard InChI is InChI=1S/C21H15NO2/c1-14-7-6-8-15(13-14)22-20(23)18-11-4-2-9-16(18)17-10-3-5-12-19(17)21(22)24/h2-13H,1H3. The minimum Gasteiger partial charge on any atom is -0.268 e. The van der Waals surface area contributed by atoms with Crippen molar-refractivity contribution in [3.8, 4) is 5.69 Å². The molecule has 3 heteroatoms. The van der Waals surface area contributed by atoms with Crippen LogP contribution in [-0.4, -0.2) is 4.57 Å². The van der Waals surface area contributed by atoms with Crippen LogP contribution in [0.1, 0.15) is 5.56 Å². The Morgan fingerprint density at radius 3 is 1.62 bits per heavy atom. The molecule has 0 aliphatic rings. The van der Waals surface area contributed by atoms with Crippen LogP contribution in [0, 0.1) is 6.92 Å². The van der Waals surface area contributed by atoms with Crippen molar-refractivity contribution in [1.82, 2.24) is 4.57 Å². The molecule has 0 amide bonds. The third-order valence-corrected chi connectivity index (χ3v) is 4.27. The third-order valence-electron chi connectivity index (χ3n) is 4.27. The molecule has 4 rings (SSSR count). The molecule has 3 nitrogen and oxygen atoms in total.